The normalized spacial score (nSPS) is 20.4. The van der Waals surface area contributed by atoms with Gasteiger partial charge < -0.3 is 15.8 Å². The van der Waals surface area contributed by atoms with Crippen molar-refractivity contribution in [3.05, 3.63) is 34.5 Å². The maximum Gasteiger partial charge on any atom is 0.156 e. The molecule has 156 valence electrons. The number of anilines is 1. The van der Waals surface area contributed by atoms with E-state index in [0.29, 0.717) is 18.6 Å². The topological polar surface area (TPSA) is 102 Å². The molecule has 0 bridgehead atoms. The van der Waals surface area contributed by atoms with E-state index in [1.807, 2.05) is 0 Å². The average Bonchev–Trinajstić information content (AvgIpc) is 3.02. The van der Waals surface area contributed by atoms with Crippen LogP contribution in [0.2, 0.25) is 0 Å². The average molecular weight is 429 g/mol. The van der Waals surface area contributed by atoms with Gasteiger partial charge in [-0.1, -0.05) is 0 Å². The minimum absolute atomic E-state index is 0. The zero-order valence-electron chi connectivity index (χ0n) is 16.2. The van der Waals surface area contributed by atoms with Crippen molar-refractivity contribution in [2.75, 3.05) is 19.0 Å². The molecule has 0 radical (unpaired) electrons. The second-order valence-electron chi connectivity index (χ2n) is 7.47. The number of fused-ring (bicyclic) bond motifs is 1. The van der Waals surface area contributed by atoms with Crippen LogP contribution in [0.4, 0.5) is 5.82 Å². The maximum atomic E-state index is 5.94. The van der Waals surface area contributed by atoms with Crippen molar-refractivity contribution in [2.24, 2.45) is 5.73 Å². The smallest absolute Gasteiger partial charge is 0.156 e. The first kappa shape index (κ1) is 22.9. The summed E-state index contributed by atoms with van der Waals surface area (Å²) in [5.74, 6) is 2.04. The first-order valence-electron chi connectivity index (χ1n) is 9.64. The first-order valence-corrected chi connectivity index (χ1v) is 9.64. The Morgan fingerprint density at radius 2 is 2.00 bits per heavy atom. The number of aromatic amines is 1. The van der Waals surface area contributed by atoms with Gasteiger partial charge >= 0.3 is 0 Å². The summed E-state index contributed by atoms with van der Waals surface area (Å²) in [6.07, 6.45) is 7.73. The van der Waals surface area contributed by atoms with Gasteiger partial charge in [0.25, 0.3) is 0 Å². The molecule has 0 unspecified atom stereocenters. The summed E-state index contributed by atoms with van der Waals surface area (Å²) >= 11 is 0. The number of halogens is 2. The molecule has 4 rings (SSSR count). The van der Waals surface area contributed by atoms with Crippen LogP contribution in [-0.2, 0) is 30.6 Å². The van der Waals surface area contributed by atoms with E-state index in [1.54, 1.807) is 7.11 Å². The highest BCUT2D eigenvalue weighted by Crippen LogP contribution is 2.35. The summed E-state index contributed by atoms with van der Waals surface area (Å²) in [5.41, 5.74) is 11.0. The van der Waals surface area contributed by atoms with Crippen LogP contribution in [0.5, 0.6) is 0 Å². The minimum atomic E-state index is 0. The van der Waals surface area contributed by atoms with Crippen molar-refractivity contribution in [1.82, 2.24) is 20.2 Å². The monoisotopic (exact) mass is 428 g/mol. The van der Waals surface area contributed by atoms with Gasteiger partial charge in [0.2, 0.25) is 0 Å². The molecule has 2 aromatic heterocycles. The zero-order chi connectivity index (χ0) is 17.9. The van der Waals surface area contributed by atoms with Crippen LogP contribution in [0.25, 0.3) is 0 Å². The Morgan fingerprint density at radius 1 is 1.21 bits per heavy atom. The van der Waals surface area contributed by atoms with Crippen molar-refractivity contribution in [2.45, 2.75) is 63.5 Å². The lowest BCUT2D eigenvalue weighted by molar-refractivity contribution is 0.177. The SMILES string of the molecule is COCc1nc(NCCc2n[nH]c3c2CCCC3)cc(C2CC(N)C2)n1.Cl.Cl. The van der Waals surface area contributed by atoms with E-state index in [9.17, 15) is 0 Å². The second kappa shape index (κ2) is 10.4. The third-order valence-electron chi connectivity index (χ3n) is 5.47. The lowest BCUT2D eigenvalue weighted by atomic mass is 9.78. The van der Waals surface area contributed by atoms with Crippen molar-refractivity contribution in [1.29, 1.82) is 0 Å². The predicted molar refractivity (Wildman–Crippen MR) is 115 cm³/mol. The zero-order valence-corrected chi connectivity index (χ0v) is 17.9. The Labute approximate surface area is 178 Å². The fraction of sp³-hybridized carbons (Fsp3) is 0.632. The maximum absolute atomic E-state index is 5.94. The molecule has 4 N–H and O–H groups in total. The summed E-state index contributed by atoms with van der Waals surface area (Å²) in [6, 6.07) is 2.37. The van der Waals surface area contributed by atoms with E-state index < -0.39 is 0 Å². The van der Waals surface area contributed by atoms with Crippen LogP contribution in [0.3, 0.4) is 0 Å². The molecular weight excluding hydrogens is 399 g/mol. The van der Waals surface area contributed by atoms with Gasteiger partial charge in [-0.25, -0.2) is 9.97 Å². The van der Waals surface area contributed by atoms with E-state index in [2.05, 4.69) is 31.5 Å². The summed E-state index contributed by atoms with van der Waals surface area (Å²) in [7, 11) is 1.67. The molecule has 2 heterocycles. The number of hydrogen-bond donors (Lipinski definition) is 3. The summed E-state index contributed by atoms with van der Waals surface area (Å²) in [6.45, 7) is 1.23. The number of aromatic nitrogens is 4. The van der Waals surface area contributed by atoms with Crippen molar-refractivity contribution in [3.63, 3.8) is 0 Å². The van der Waals surface area contributed by atoms with Crippen molar-refractivity contribution in [3.8, 4) is 0 Å². The van der Waals surface area contributed by atoms with Gasteiger partial charge in [0.1, 0.15) is 12.4 Å². The molecule has 9 heteroatoms. The lowest BCUT2D eigenvalue weighted by Crippen LogP contribution is -2.35. The Hall–Kier alpha value is -1.41. The van der Waals surface area contributed by atoms with Crippen LogP contribution in [-0.4, -0.2) is 39.9 Å². The number of rotatable bonds is 7. The third-order valence-corrected chi connectivity index (χ3v) is 5.47. The molecule has 2 aromatic rings. The highest BCUT2D eigenvalue weighted by molar-refractivity contribution is 5.85. The Morgan fingerprint density at radius 3 is 2.75 bits per heavy atom. The summed E-state index contributed by atoms with van der Waals surface area (Å²) in [5, 5.41) is 11.2. The fourth-order valence-electron chi connectivity index (χ4n) is 3.98. The number of nitrogens with two attached hydrogens (primary N) is 1. The summed E-state index contributed by atoms with van der Waals surface area (Å²) < 4.78 is 5.22. The molecule has 2 aliphatic rings. The Kier molecular flexibility index (Phi) is 8.49. The fourth-order valence-corrected chi connectivity index (χ4v) is 3.98. The number of H-pyrrole nitrogens is 1. The van der Waals surface area contributed by atoms with Crippen LogP contribution < -0.4 is 11.1 Å². The van der Waals surface area contributed by atoms with Crippen LogP contribution >= 0.6 is 24.8 Å². The largest absolute Gasteiger partial charge is 0.377 e. The van der Waals surface area contributed by atoms with Gasteiger partial charge in [0, 0.05) is 49.5 Å². The number of aryl methyl sites for hydroxylation is 1. The van der Waals surface area contributed by atoms with Gasteiger partial charge in [-0.05, 0) is 44.1 Å². The molecular formula is C19H30Cl2N6O. The van der Waals surface area contributed by atoms with E-state index >= 15 is 0 Å². The predicted octanol–water partition coefficient (Wildman–Crippen LogP) is 2.93. The molecule has 1 fully saturated rings. The van der Waals surface area contributed by atoms with Crippen molar-refractivity contribution >= 4 is 30.6 Å². The van der Waals surface area contributed by atoms with E-state index in [0.717, 1.165) is 56.0 Å². The number of ether oxygens (including phenoxy) is 1. The van der Waals surface area contributed by atoms with Gasteiger partial charge in [0.15, 0.2) is 5.82 Å². The second-order valence-corrected chi connectivity index (χ2v) is 7.47. The van der Waals surface area contributed by atoms with Crippen LogP contribution in [0.15, 0.2) is 6.07 Å². The molecule has 0 atom stereocenters. The molecule has 28 heavy (non-hydrogen) atoms. The van der Waals surface area contributed by atoms with Gasteiger partial charge in [0.05, 0.1) is 5.69 Å². The van der Waals surface area contributed by atoms with Gasteiger partial charge in [-0.3, -0.25) is 5.10 Å². The van der Waals surface area contributed by atoms with E-state index in [4.69, 9.17) is 10.5 Å². The molecule has 0 amide bonds. The quantitative estimate of drug-likeness (QED) is 0.626. The summed E-state index contributed by atoms with van der Waals surface area (Å²) in [4.78, 5) is 9.23. The third kappa shape index (κ3) is 5.14. The van der Waals surface area contributed by atoms with Crippen LogP contribution in [0, 0.1) is 0 Å². The highest BCUT2D eigenvalue weighted by Gasteiger charge is 2.29. The molecule has 0 aromatic carbocycles. The Bertz CT molecular complexity index is 763. The standard InChI is InChI=1S/C19H28N6O.2ClH/c1-26-11-19-22-17(12-8-13(20)9-12)10-18(23-19)21-7-6-16-14-4-2-3-5-15(14)24-25-16;;/h10,12-13H,2-9,11,20H2,1H3,(H,24,25)(H,21,22,23);2*1H. The number of methoxy groups -OCH3 is 1. The molecule has 0 saturated heterocycles. The number of nitrogens with one attached hydrogen (secondary N) is 2. The molecule has 7 nitrogen and oxygen atoms in total. The van der Waals surface area contributed by atoms with Gasteiger partial charge in [-0.15, -0.1) is 24.8 Å². The minimum Gasteiger partial charge on any atom is -0.377 e. The highest BCUT2D eigenvalue weighted by atomic mass is 35.5. The lowest BCUT2D eigenvalue weighted by Gasteiger charge is -2.32. The molecule has 2 aliphatic carbocycles. The van der Waals surface area contributed by atoms with Gasteiger partial charge in [-0.2, -0.15) is 5.10 Å². The van der Waals surface area contributed by atoms with Crippen molar-refractivity contribution < 1.29 is 4.74 Å². The van der Waals surface area contributed by atoms with E-state index in [-0.39, 0.29) is 24.8 Å². The van der Waals surface area contributed by atoms with Crippen LogP contribution in [0.1, 0.15) is 60.1 Å². The number of nitrogens with zero attached hydrogens (tertiary/aromatic N) is 3. The Balaban J connectivity index is 0.00000140. The molecule has 0 aliphatic heterocycles. The van der Waals surface area contributed by atoms with E-state index in [1.165, 1.54) is 29.8 Å². The molecule has 0 spiro atoms. The first-order chi connectivity index (χ1) is 12.7. The number of hydrogen-bond acceptors (Lipinski definition) is 6. The molecule has 1 saturated carbocycles.